The van der Waals surface area contributed by atoms with Crippen molar-refractivity contribution < 1.29 is 15.0 Å². The molecule has 0 radical (unpaired) electrons. The van der Waals surface area contributed by atoms with Gasteiger partial charge in [-0.05, 0) is 12.8 Å². The van der Waals surface area contributed by atoms with Gasteiger partial charge in [0.1, 0.15) is 0 Å². The molecule has 5 heteroatoms. The molecule has 0 aromatic rings. The summed E-state index contributed by atoms with van der Waals surface area (Å²) in [5, 5.41) is 17.6. The normalized spacial score (nSPS) is 12.5. The van der Waals surface area contributed by atoms with E-state index < -0.39 is 12.1 Å². The van der Waals surface area contributed by atoms with Crippen LogP contribution in [0.5, 0.6) is 0 Å². The largest absolute Gasteiger partial charge is 0.479 e. The molecule has 1 unspecified atom stereocenters. The maximum atomic E-state index is 10.4. The molecule has 0 bridgehead atoms. The van der Waals surface area contributed by atoms with Gasteiger partial charge in [-0.25, -0.2) is 4.79 Å². The molecular weight excluding hydrogens is 280 g/mol. The van der Waals surface area contributed by atoms with Gasteiger partial charge in [0.15, 0.2) is 6.10 Å². The predicted octanol–water partition coefficient (Wildman–Crippen LogP) is 4.34. The fourth-order valence-electron chi connectivity index (χ4n) is 1.70. The number of carboxylic acids is 1. The Hall–Kier alpha value is 0.130. The second-order valence-electron chi connectivity index (χ2n) is 4.76. The van der Waals surface area contributed by atoms with Gasteiger partial charge in [0.2, 0.25) is 0 Å². The van der Waals surface area contributed by atoms with Crippen LogP contribution in [0.1, 0.15) is 64.7 Å². The van der Waals surface area contributed by atoms with E-state index in [1.54, 1.807) is 21.6 Å². The number of aliphatic hydroxyl groups is 1. The number of hydrogen-bond donors (Lipinski definition) is 2. The Balaban J connectivity index is 3.05. The van der Waals surface area contributed by atoms with Crippen LogP contribution in [0.4, 0.5) is 0 Å². The highest BCUT2D eigenvalue weighted by Gasteiger charge is 2.11. The maximum absolute atomic E-state index is 10.4. The van der Waals surface area contributed by atoms with Gasteiger partial charge in [0.25, 0.3) is 0 Å². The first-order chi connectivity index (χ1) is 9.18. The number of aliphatic carboxylic acids is 1. The van der Waals surface area contributed by atoms with E-state index in [4.69, 9.17) is 10.2 Å². The smallest absolute Gasteiger partial charge is 0.332 e. The number of unbranched alkanes of at least 4 members (excludes halogenated alkanes) is 7. The Morgan fingerprint density at radius 2 is 1.47 bits per heavy atom. The molecule has 1 atom stereocenters. The van der Waals surface area contributed by atoms with Gasteiger partial charge in [-0.3, -0.25) is 0 Å². The Morgan fingerprint density at radius 1 is 0.947 bits per heavy atom. The molecule has 0 fully saturated rings. The zero-order valence-electron chi connectivity index (χ0n) is 12.0. The van der Waals surface area contributed by atoms with E-state index in [1.165, 1.54) is 51.4 Å². The van der Waals surface area contributed by atoms with Crippen LogP contribution in [0.3, 0.4) is 0 Å². The molecule has 0 aromatic carbocycles. The molecule has 0 aliphatic rings. The van der Waals surface area contributed by atoms with Crippen LogP contribution in [0.15, 0.2) is 0 Å². The number of hydrogen-bond acceptors (Lipinski definition) is 4. The molecule has 0 aromatic heterocycles. The van der Waals surface area contributed by atoms with E-state index in [9.17, 15) is 4.79 Å². The van der Waals surface area contributed by atoms with Crippen LogP contribution in [0.2, 0.25) is 0 Å². The third kappa shape index (κ3) is 14.4. The Labute approximate surface area is 125 Å². The van der Waals surface area contributed by atoms with Crippen molar-refractivity contribution >= 4 is 27.6 Å². The minimum absolute atomic E-state index is 0.338. The summed E-state index contributed by atoms with van der Waals surface area (Å²) < 4.78 is 0. The Kier molecular flexibility index (Phi) is 14.6. The summed E-state index contributed by atoms with van der Waals surface area (Å²) in [4.78, 5) is 10.4. The molecule has 0 saturated heterocycles. The summed E-state index contributed by atoms with van der Waals surface area (Å²) in [6.45, 7) is 2.24. The first kappa shape index (κ1) is 19.1. The van der Waals surface area contributed by atoms with Crippen molar-refractivity contribution in [1.82, 2.24) is 0 Å². The van der Waals surface area contributed by atoms with Gasteiger partial charge < -0.3 is 10.2 Å². The predicted molar refractivity (Wildman–Crippen MR) is 85.8 cm³/mol. The summed E-state index contributed by atoms with van der Waals surface area (Å²) in [6, 6.07) is 0. The van der Waals surface area contributed by atoms with Gasteiger partial charge in [-0.15, -0.1) is 0 Å². The fraction of sp³-hybridized carbons (Fsp3) is 0.929. The van der Waals surface area contributed by atoms with Crippen molar-refractivity contribution in [2.24, 2.45) is 0 Å². The van der Waals surface area contributed by atoms with Crippen molar-refractivity contribution in [1.29, 1.82) is 0 Å². The van der Waals surface area contributed by atoms with Crippen molar-refractivity contribution in [2.45, 2.75) is 70.8 Å². The van der Waals surface area contributed by atoms with E-state index in [1.807, 2.05) is 0 Å². The minimum Gasteiger partial charge on any atom is -0.479 e. The van der Waals surface area contributed by atoms with Crippen LogP contribution < -0.4 is 0 Å². The lowest BCUT2D eigenvalue weighted by Gasteiger charge is -2.04. The molecule has 3 nitrogen and oxygen atoms in total. The van der Waals surface area contributed by atoms with Crippen molar-refractivity contribution in [3.8, 4) is 0 Å². The molecule has 0 heterocycles. The summed E-state index contributed by atoms with van der Waals surface area (Å²) in [5.74, 6) is 0.714. The fourth-order valence-corrected chi connectivity index (χ4v) is 3.92. The second kappa shape index (κ2) is 14.5. The van der Waals surface area contributed by atoms with E-state index in [2.05, 4.69) is 6.92 Å². The lowest BCUT2D eigenvalue weighted by Crippen LogP contribution is -2.19. The Morgan fingerprint density at radius 3 is 2.05 bits per heavy atom. The molecule has 114 valence electrons. The number of carboxylic acid groups (broad SMARTS) is 1. The summed E-state index contributed by atoms with van der Waals surface area (Å²) in [5.41, 5.74) is 0. The summed E-state index contributed by atoms with van der Waals surface area (Å²) in [6.07, 6.45) is 9.83. The van der Waals surface area contributed by atoms with Gasteiger partial charge >= 0.3 is 5.97 Å². The lowest BCUT2D eigenvalue weighted by atomic mass is 10.1. The van der Waals surface area contributed by atoms with Crippen molar-refractivity contribution in [3.63, 3.8) is 0 Å². The molecular formula is C14H28O3S2. The topological polar surface area (TPSA) is 57.5 Å². The quantitative estimate of drug-likeness (QED) is 0.369. The molecule has 0 amide bonds. The summed E-state index contributed by atoms with van der Waals surface area (Å²) >= 11 is 0. The monoisotopic (exact) mass is 308 g/mol. The molecule has 0 spiro atoms. The first-order valence-electron chi connectivity index (χ1n) is 7.33. The van der Waals surface area contributed by atoms with Crippen molar-refractivity contribution in [2.75, 3.05) is 11.5 Å². The highest BCUT2D eigenvalue weighted by atomic mass is 33.1. The third-order valence-electron chi connectivity index (χ3n) is 2.92. The first-order valence-corrected chi connectivity index (χ1v) is 9.82. The van der Waals surface area contributed by atoms with Crippen molar-refractivity contribution in [3.05, 3.63) is 0 Å². The lowest BCUT2D eigenvalue weighted by molar-refractivity contribution is -0.146. The van der Waals surface area contributed by atoms with Gasteiger partial charge in [-0.2, -0.15) is 0 Å². The second-order valence-corrected chi connectivity index (χ2v) is 7.46. The molecule has 19 heavy (non-hydrogen) atoms. The molecule has 0 saturated carbocycles. The molecule has 0 aliphatic heterocycles. The molecule has 0 rings (SSSR count). The van der Waals surface area contributed by atoms with E-state index >= 15 is 0 Å². The number of carbonyl (C=O) groups is 1. The highest BCUT2D eigenvalue weighted by molar-refractivity contribution is 8.76. The average Bonchev–Trinajstić information content (AvgIpc) is 2.39. The van der Waals surface area contributed by atoms with E-state index in [0.29, 0.717) is 12.2 Å². The minimum atomic E-state index is -1.20. The molecule has 0 aliphatic carbocycles. The maximum Gasteiger partial charge on any atom is 0.332 e. The highest BCUT2D eigenvalue weighted by Crippen LogP contribution is 2.24. The number of rotatable bonds is 14. The van der Waals surface area contributed by atoms with Crippen LogP contribution in [0.25, 0.3) is 0 Å². The zero-order chi connectivity index (χ0) is 14.3. The summed E-state index contributed by atoms with van der Waals surface area (Å²) in [7, 11) is 3.46. The zero-order valence-corrected chi connectivity index (χ0v) is 13.6. The third-order valence-corrected chi connectivity index (χ3v) is 5.45. The van der Waals surface area contributed by atoms with E-state index in [-0.39, 0.29) is 0 Å². The van der Waals surface area contributed by atoms with Crippen LogP contribution >= 0.6 is 21.6 Å². The van der Waals surface area contributed by atoms with E-state index in [0.717, 1.165) is 5.75 Å². The Bertz CT molecular complexity index is 213. The molecule has 2 N–H and O–H groups in total. The van der Waals surface area contributed by atoms with Gasteiger partial charge in [-0.1, -0.05) is 73.5 Å². The SMILES string of the molecule is CCCCCCCCCCSSCCC(O)C(=O)O. The van der Waals surface area contributed by atoms with Gasteiger partial charge in [0.05, 0.1) is 0 Å². The van der Waals surface area contributed by atoms with Gasteiger partial charge in [0, 0.05) is 11.5 Å². The standard InChI is InChI=1S/C14H28O3S2/c1-2-3-4-5-6-7-8-9-11-18-19-12-10-13(15)14(16)17/h13,15H,2-12H2,1H3,(H,16,17). The van der Waals surface area contributed by atoms with Crippen LogP contribution in [-0.4, -0.2) is 33.8 Å². The van der Waals surface area contributed by atoms with Crippen LogP contribution in [-0.2, 0) is 4.79 Å². The number of aliphatic hydroxyl groups excluding tert-OH is 1. The average molecular weight is 309 g/mol. The van der Waals surface area contributed by atoms with Crippen LogP contribution in [0, 0.1) is 0 Å².